The highest BCUT2D eigenvalue weighted by atomic mass is 31.2. The first-order valence-corrected chi connectivity index (χ1v) is 14.3. The first kappa shape index (κ1) is 28.5. The second kappa shape index (κ2) is 13.1. The van der Waals surface area contributed by atoms with Crippen LogP contribution in [-0.4, -0.2) is 24.3 Å². The number of benzene rings is 3. The highest BCUT2D eigenvalue weighted by Crippen LogP contribution is 2.43. The molecule has 39 heavy (non-hydrogen) atoms. The van der Waals surface area contributed by atoms with Crippen molar-refractivity contribution in [2.75, 3.05) is 13.2 Å². The van der Waals surface area contributed by atoms with E-state index in [-0.39, 0.29) is 32.8 Å². The van der Waals surface area contributed by atoms with Crippen molar-refractivity contribution in [1.29, 1.82) is 0 Å². The molecule has 1 heterocycles. The molecule has 0 unspecified atom stereocenters. The first-order valence-electron chi connectivity index (χ1n) is 12.7. The molecule has 0 bridgehead atoms. The van der Waals surface area contributed by atoms with Crippen molar-refractivity contribution in [3.8, 4) is 16.9 Å². The zero-order valence-corrected chi connectivity index (χ0v) is 22.9. The number of furan rings is 1. The van der Waals surface area contributed by atoms with E-state index in [1.165, 1.54) is 0 Å². The summed E-state index contributed by atoms with van der Waals surface area (Å²) in [6.07, 6.45) is 1.45. The van der Waals surface area contributed by atoms with Crippen molar-refractivity contribution in [3.05, 3.63) is 89.2 Å². The lowest BCUT2D eigenvalue weighted by Gasteiger charge is -2.18. The van der Waals surface area contributed by atoms with E-state index in [0.29, 0.717) is 17.9 Å². The molecule has 0 aliphatic heterocycles. The first-order chi connectivity index (χ1) is 18.8. The predicted octanol–water partition coefficient (Wildman–Crippen LogP) is 6.04. The highest BCUT2D eigenvalue weighted by Gasteiger charge is 2.23. The van der Waals surface area contributed by atoms with Gasteiger partial charge >= 0.3 is 13.7 Å². The zero-order valence-electron chi connectivity index (χ0n) is 22.0. The van der Waals surface area contributed by atoms with Gasteiger partial charge in [0.15, 0.2) is 0 Å². The van der Waals surface area contributed by atoms with Crippen LogP contribution in [-0.2, 0) is 44.5 Å². The number of aliphatic carboxylic acids is 1. The van der Waals surface area contributed by atoms with E-state index in [9.17, 15) is 14.5 Å². The Morgan fingerprint density at radius 2 is 1.79 bits per heavy atom. The quantitative estimate of drug-likeness (QED) is 0.160. The topological polar surface area (TPSA) is 133 Å². The van der Waals surface area contributed by atoms with Crippen LogP contribution in [0.1, 0.15) is 36.1 Å². The number of hydrogen-bond acceptors (Lipinski definition) is 7. The van der Waals surface area contributed by atoms with Crippen LogP contribution >= 0.6 is 7.75 Å². The molecule has 0 aliphatic rings. The van der Waals surface area contributed by atoms with Crippen LogP contribution in [0.15, 0.2) is 71.3 Å². The van der Waals surface area contributed by atoms with Crippen LogP contribution in [0.4, 0.5) is 0 Å². The SMILES string of the molecule is CCOP(=O)(NCc1ccc(CC(=O)O)c(OCc2cc(-c3cccc(CN)c3)c3occc3c2)c1)OCC. The van der Waals surface area contributed by atoms with Crippen molar-refractivity contribution in [2.45, 2.75) is 40.0 Å². The summed E-state index contributed by atoms with van der Waals surface area (Å²) < 4.78 is 35.3. The van der Waals surface area contributed by atoms with Crippen LogP contribution in [0.5, 0.6) is 5.75 Å². The number of rotatable bonds is 14. The van der Waals surface area contributed by atoms with Gasteiger partial charge in [0.2, 0.25) is 0 Å². The predicted molar refractivity (Wildman–Crippen MR) is 149 cm³/mol. The number of fused-ring (bicyclic) bond motifs is 1. The molecule has 0 aliphatic carbocycles. The number of carbonyl (C=O) groups is 1. The Kier molecular flexibility index (Phi) is 9.56. The molecule has 9 nitrogen and oxygen atoms in total. The summed E-state index contributed by atoms with van der Waals surface area (Å²) >= 11 is 0. The number of ether oxygens (including phenoxy) is 1. The molecule has 0 spiro atoms. The van der Waals surface area contributed by atoms with Gasteiger partial charge < -0.3 is 20.0 Å². The van der Waals surface area contributed by atoms with E-state index in [1.807, 2.05) is 42.5 Å². The van der Waals surface area contributed by atoms with Gasteiger partial charge in [0.05, 0.1) is 25.9 Å². The third-order valence-corrected chi connectivity index (χ3v) is 7.77. The maximum Gasteiger partial charge on any atom is 0.405 e. The van der Waals surface area contributed by atoms with E-state index < -0.39 is 13.7 Å². The fraction of sp³-hybridized carbons (Fsp3) is 0.276. The molecule has 10 heteroatoms. The van der Waals surface area contributed by atoms with Crippen molar-refractivity contribution in [3.63, 3.8) is 0 Å². The molecule has 4 rings (SSSR count). The minimum atomic E-state index is -3.46. The van der Waals surface area contributed by atoms with E-state index >= 15 is 0 Å². The molecule has 4 aromatic rings. The standard InChI is InChI=1S/C29H33N2O7P/c1-3-37-39(34,38-4-2)31-18-21-8-9-24(16-28(32)33)27(15-21)36-19-22-13-25-10-11-35-29(25)26(14-22)23-7-5-6-20(12-23)17-30/h5-15H,3-4,16-19,30H2,1-2H3,(H,31,34)(H,32,33). The Hall–Kier alpha value is -3.46. The molecule has 3 aromatic carbocycles. The maximum absolute atomic E-state index is 12.8. The molecular formula is C29H33N2O7P. The highest BCUT2D eigenvalue weighted by molar-refractivity contribution is 7.51. The van der Waals surface area contributed by atoms with Gasteiger partial charge in [0, 0.05) is 29.6 Å². The molecular weight excluding hydrogens is 519 g/mol. The summed E-state index contributed by atoms with van der Waals surface area (Å²) in [6, 6.07) is 19.1. The van der Waals surface area contributed by atoms with Crippen molar-refractivity contribution in [1.82, 2.24) is 5.09 Å². The van der Waals surface area contributed by atoms with Crippen LogP contribution in [0.25, 0.3) is 22.1 Å². The van der Waals surface area contributed by atoms with Gasteiger partial charge in [0.25, 0.3) is 0 Å². The number of hydrogen-bond donors (Lipinski definition) is 3. The lowest BCUT2D eigenvalue weighted by atomic mass is 9.99. The number of carboxylic acid groups (broad SMARTS) is 1. The summed E-state index contributed by atoms with van der Waals surface area (Å²) in [6.45, 7) is 4.75. The largest absolute Gasteiger partial charge is 0.489 e. The summed E-state index contributed by atoms with van der Waals surface area (Å²) in [5.41, 5.74) is 11.7. The molecule has 206 valence electrons. The fourth-order valence-electron chi connectivity index (χ4n) is 4.28. The molecule has 0 saturated heterocycles. The lowest BCUT2D eigenvalue weighted by molar-refractivity contribution is -0.136. The van der Waals surface area contributed by atoms with E-state index in [4.69, 9.17) is 23.9 Å². The van der Waals surface area contributed by atoms with Gasteiger partial charge in [-0.15, -0.1) is 0 Å². The molecule has 0 saturated carbocycles. The average Bonchev–Trinajstić information content (AvgIpc) is 3.40. The number of carboxylic acids is 1. The van der Waals surface area contributed by atoms with Crippen molar-refractivity contribution >= 4 is 24.7 Å². The Morgan fingerprint density at radius 3 is 2.51 bits per heavy atom. The van der Waals surface area contributed by atoms with Crippen LogP contribution in [0, 0.1) is 0 Å². The number of nitrogens with two attached hydrogens (primary N) is 1. The Labute approximate surface area is 227 Å². The monoisotopic (exact) mass is 552 g/mol. The van der Waals surface area contributed by atoms with Gasteiger partial charge in [-0.05, 0) is 66.4 Å². The van der Waals surface area contributed by atoms with Gasteiger partial charge in [0.1, 0.15) is 17.9 Å². The normalized spacial score (nSPS) is 11.7. The van der Waals surface area contributed by atoms with Gasteiger partial charge in [-0.1, -0.05) is 30.3 Å². The molecule has 0 fully saturated rings. The minimum Gasteiger partial charge on any atom is -0.489 e. The van der Waals surface area contributed by atoms with Crippen LogP contribution in [0.2, 0.25) is 0 Å². The second-order valence-electron chi connectivity index (χ2n) is 8.86. The van der Waals surface area contributed by atoms with E-state index in [1.54, 1.807) is 38.3 Å². The van der Waals surface area contributed by atoms with Crippen LogP contribution in [0.3, 0.4) is 0 Å². The van der Waals surface area contributed by atoms with Gasteiger partial charge in [-0.2, -0.15) is 0 Å². The van der Waals surface area contributed by atoms with Crippen molar-refractivity contribution < 1.29 is 32.7 Å². The Balaban J connectivity index is 1.60. The molecule has 4 N–H and O–H groups in total. The smallest absolute Gasteiger partial charge is 0.405 e. The Bertz CT molecular complexity index is 1470. The second-order valence-corrected chi connectivity index (χ2v) is 10.7. The maximum atomic E-state index is 12.8. The third-order valence-electron chi connectivity index (χ3n) is 6.03. The summed E-state index contributed by atoms with van der Waals surface area (Å²) in [5.74, 6) is -0.539. The molecule has 0 amide bonds. The van der Waals surface area contributed by atoms with Crippen LogP contribution < -0.4 is 15.6 Å². The number of nitrogens with one attached hydrogen (secondary N) is 1. The summed E-state index contributed by atoms with van der Waals surface area (Å²) in [7, 11) is -3.46. The van der Waals surface area contributed by atoms with E-state index in [0.717, 1.165) is 38.8 Å². The molecule has 0 radical (unpaired) electrons. The third kappa shape index (κ3) is 7.35. The van der Waals surface area contributed by atoms with Gasteiger partial charge in [-0.3, -0.25) is 13.8 Å². The fourth-order valence-corrected chi connectivity index (χ4v) is 5.59. The lowest BCUT2D eigenvalue weighted by Crippen LogP contribution is -2.15. The van der Waals surface area contributed by atoms with E-state index in [2.05, 4.69) is 5.09 Å². The summed E-state index contributed by atoms with van der Waals surface area (Å²) in [5, 5.41) is 13.2. The van der Waals surface area contributed by atoms with Crippen molar-refractivity contribution in [2.24, 2.45) is 5.73 Å². The molecule has 1 aromatic heterocycles. The molecule has 0 atom stereocenters. The summed E-state index contributed by atoms with van der Waals surface area (Å²) in [4.78, 5) is 11.5. The van der Waals surface area contributed by atoms with Gasteiger partial charge in [-0.25, -0.2) is 9.65 Å². The average molecular weight is 553 g/mol. The zero-order chi connectivity index (χ0) is 27.8. The Morgan fingerprint density at radius 1 is 1.00 bits per heavy atom. The minimum absolute atomic E-state index is 0.184.